The molecular formula is C23H20F2N2O. The Balaban J connectivity index is 1.69. The van der Waals surface area contributed by atoms with Crippen LogP contribution >= 0.6 is 0 Å². The predicted octanol–water partition coefficient (Wildman–Crippen LogP) is 5.72. The molecule has 4 rings (SSSR count). The van der Waals surface area contributed by atoms with Crippen LogP contribution in [0.5, 0.6) is 5.75 Å². The van der Waals surface area contributed by atoms with Gasteiger partial charge in [-0.3, -0.25) is 5.01 Å². The largest absolute Gasteiger partial charge is 0.494 e. The van der Waals surface area contributed by atoms with E-state index >= 15 is 0 Å². The molecule has 0 saturated carbocycles. The Morgan fingerprint density at radius 2 is 1.50 bits per heavy atom. The molecule has 5 heteroatoms. The summed E-state index contributed by atoms with van der Waals surface area (Å²) < 4.78 is 32.3. The lowest BCUT2D eigenvalue weighted by molar-refractivity contribution is 0.340. The van der Waals surface area contributed by atoms with Crippen LogP contribution in [0.25, 0.3) is 0 Å². The Morgan fingerprint density at radius 3 is 2.11 bits per heavy atom. The van der Waals surface area contributed by atoms with Gasteiger partial charge in [-0.05, 0) is 78.7 Å². The van der Waals surface area contributed by atoms with Crippen LogP contribution in [0.3, 0.4) is 0 Å². The van der Waals surface area contributed by atoms with E-state index < -0.39 is 0 Å². The number of benzene rings is 3. The second-order valence-electron chi connectivity index (χ2n) is 6.60. The maximum atomic E-state index is 13.4. The first-order valence-corrected chi connectivity index (χ1v) is 9.25. The zero-order chi connectivity index (χ0) is 19.5. The van der Waals surface area contributed by atoms with Crippen molar-refractivity contribution in [3.63, 3.8) is 0 Å². The molecule has 142 valence electrons. The normalized spacial score (nSPS) is 16.2. The second-order valence-corrected chi connectivity index (χ2v) is 6.60. The van der Waals surface area contributed by atoms with Crippen molar-refractivity contribution in [2.24, 2.45) is 5.10 Å². The third kappa shape index (κ3) is 3.74. The lowest BCUT2D eigenvalue weighted by Crippen LogP contribution is -2.18. The summed E-state index contributed by atoms with van der Waals surface area (Å²) in [5.41, 5.74) is 3.66. The van der Waals surface area contributed by atoms with Crippen molar-refractivity contribution in [3.8, 4) is 5.75 Å². The van der Waals surface area contributed by atoms with E-state index in [9.17, 15) is 8.78 Å². The Bertz CT molecular complexity index is 967. The summed E-state index contributed by atoms with van der Waals surface area (Å²) in [5.74, 6) is 0.245. The van der Waals surface area contributed by atoms with Crippen LogP contribution in [-0.4, -0.2) is 12.3 Å². The van der Waals surface area contributed by atoms with E-state index in [4.69, 9.17) is 9.84 Å². The average Bonchev–Trinajstić information content (AvgIpc) is 3.15. The van der Waals surface area contributed by atoms with E-state index in [-0.39, 0.29) is 17.7 Å². The van der Waals surface area contributed by atoms with Crippen LogP contribution < -0.4 is 9.75 Å². The van der Waals surface area contributed by atoms with Crippen LogP contribution in [0.4, 0.5) is 14.5 Å². The maximum Gasteiger partial charge on any atom is 0.123 e. The molecule has 0 spiro atoms. The number of hydrogen-bond acceptors (Lipinski definition) is 3. The molecule has 0 radical (unpaired) electrons. The standard InChI is InChI=1S/C23H20F2N2O/c1-2-28-21-13-5-16(6-14-21)22-15-23(17-3-7-18(24)8-4-17)27(26-22)20-11-9-19(25)10-12-20/h3-14,23H,2,15H2,1H3. The van der Waals surface area contributed by atoms with Gasteiger partial charge in [0.05, 0.1) is 24.0 Å². The van der Waals surface area contributed by atoms with Gasteiger partial charge < -0.3 is 4.74 Å². The number of nitrogens with zero attached hydrogens (tertiary/aromatic N) is 2. The molecule has 3 aromatic rings. The topological polar surface area (TPSA) is 24.8 Å². The summed E-state index contributed by atoms with van der Waals surface area (Å²) in [4.78, 5) is 0. The second kappa shape index (κ2) is 7.80. The first kappa shape index (κ1) is 18.2. The number of halogens is 2. The summed E-state index contributed by atoms with van der Waals surface area (Å²) in [6.07, 6.45) is 0.664. The fourth-order valence-electron chi connectivity index (χ4n) is 3.37. The minimum atomic E-state index is -0.294. The third-order valence-corrected chi connectivity index (χ3v) is 4.75. The summed E-state index contributed by atoms with van der Waals surface area (Å²) in [7, 11) is 0. The highest BCUT2D eigenvalue weighted by Crippen LogP contribution is 2.37. The SMILES string of the molecule is CCOc1ccc(C2=NN(c3ccc(F)cc3)C(c3ccc(F)cc3)C2)cc1. The molecule has 0 aromatic heterocycles. The van der Waals surface area contributed by atoms with Gasteiger partial charge in [-0.25, -0.2) is 8.78 Å². The van der Waals surface area contributed by atoms with E-state index in [2.05, 4.69) is 0 Å². The van der Waals surface area contributed by atoms with Crippen LogP contribution in [0, 0.1) is 11.6 Å². The van der Waals surface area contributed by atoms with Crippen molar-refractivity contribution in [1.29, 1.82) is 0 Å². The highest BCUT2D eigenvalue weighted by atomic mass is 19.1. The van der Waals surface area contributed by atoms with Crippen LogP contribution in [0.15, 0.2) is 77.9 Å². The zero-order valence-corrected chi connectivity index (χ0v) is 15.5. The predicted molar refractivity (Wildman–Crippen MR) is 107 cm³/mol. The average molecular weight is 378 g/mol. The van der Waals surface area contributed by atoms with Gasteiger partial charge in [0.2, 0.25) is 0 Å². The summed E-state index contributed by atoms with van der Waals surface area (Å²) >= 11 is 0. The molecule has 0 fully saturated rings. The number of ether oxygens (including phenoxy) is 1. The number of anilines is 1. The smallest absolute Gasteiger partial charge is 0.123 e. The Labute approximate surface area is 162 Å². The Hall–Kier alpha value is -3.21. The molecule has 1 atom stereocenters. The highest BCUT2D eigenvalue weighted by molar-refractivity contribution is 6.03. The molecule has 3 nitrogen and oxygen atoms in total. The van der Waals surface area contributed by atoms with E-state index in [1.807, 2.05) is 36.2 Å². The summed E-state index contributed by atoms with van der Waals surface area (Å²) in [5, 5.41) is 6.68. The van der Waals surface area contributed by atoms with Crippen molar-refractivity contribution in [2.45, 2.75) is 19.4 Å². The van der Waals surface area contributed by atoms with Gasteiger partial charge in [-0.1, -0.05) is 12.1 Å². The van der Waals surface area contributed by atoms with Crippen molar-refractivity contribution < 1.29 is 13.5 Å². The molecule has 1 aliphatic heterocycles. The van der Waals surface area contributed by atoms with E-state index in [0.717, 1.165) is 28.3 Å². The molecule has 0 aliphatic carbocycles. The molecule has 3 aromatic carbocycles. The molecule has 0 saturated heterocycles. The lowest BCUT2D eigenvalue weighted by atomic mass is 9.98. The maximum absolute atomic E-state index is 13.4. The van der Waals surface area contributed by atoms with Crippen molar-refractivity contribution >= 4 is 11.4 Å². The lowest BCUT2D eigenvalue weighted by Gasteiger charge is -2.24. The number of hydrogen-bond donors (Lipinski definition) is 0. The van der Waals surface area contributed by atoms with Gasteiger partial charge in [0.15, 0.2) is 0 Å². The minimum Gasteiger partial charge on any atom is -0.494 e. The molecule has 0 amide bonds. The minimum absolute atomic E-state index is 0.0902. The first-order valence-electron chi connectivity index (χ1n) is 9.25. The van der Waals surface area contributed by atoms with Crippen molar-refractivity contribution in [3.05, 3.63) is 95.6 Å². The fourth-order valence-corrected chi connectivity index (χ4v) is 3.37. The molecule has 0 bridgehead atoms. The molecule has 0 N–H and O–H groups in total. The molecule has 1 unspecified atom stereocenters. The molecule has 1 heterocycles. The van der Waals surface area contributed by atoms with E-state index in [1.54, 1.807) is 24.3 Å². The third-order valence-electron chi connectivity index (χ3n) is 4.75. The Morgan fingerprint density at radius 1 is 0.893 bits per heavy atom. The van der Waals surface area contributed by atoms with Crippen molar-refractivity contribution in [1.82, 2.24) is 0 Å². The molecule has 1 aliphatic rings. The monoisotopic (exact) mass is 378 g/mol. The number of rotatable bonds is 5. The van der Waals surface area contributed by atoms with Gasteiger partial charge in [0.25, 0.3) is 0 Å². The van der Waals surface area contributed by atoms with Gasteiger partial charge in [0, 0.05) is 6.42 Å². The fraction of sp³-hybridized carbons (Fsp3) is 0.174. The Kier molecular flexibility index (Phi) is 5.06. The van der Waals surface area contributed by atoms with Gasteiger partial charge in [-0.15, -0.1) is 0 Å². The number of hydrazone groups is 1. The molecular weight excluding hydrogens is 358 g/mol. The summed E-state index contributed by atoms with van der Waals surface area (Å²) in [6.45, 7) is 2.56. The van der Waals surface area contributed by atoms with Gasteiger partial charge in [-0.2, -0.15) is 5.10 Å². The quantitative estimate of drug-likeness (QED) is 0.567. The van der Waals surface area contributed by atoms with Crippen LogP contribution in [0.1, 0.15) is 30.5 Å². The van der Waals surface area contributed by atoms with Gasteiger partial charge >= 0.3 is 0 Å². The molecule has 28 heavy (non-hydrogen) atoms. The van der Waals surface area contributed by atoms with E-state index in [0.29, 0.717) is 13.0 Å². The van der Waals surface area contributed by atoms with E-state index in [1.165, 1.54) is 24.3 Å². The zero-order valence-electron chi connectivity index (χ0n) is 15.5. The van der Waals surface area contributed by atoms with Crippen LogP contribution in [-0.2, 0) is 0 Å². The van der Waals surface area contributed by atoms with Crippen LogP contribution in [0.2, 0.25) is 0 Å². The van der Waals surface area contributed by atoms with Gasteiger partial charge in [0.1, 0.15) is 17.4 Å². The summed E-state index contributed by atoms with van der Waals surface area (Å²) in [6, 6.07) is 20.4. The first-order chi connectivity index (χ1) is 13.6. The highest BCUT2D eigenvalue weighted by Gasteiger charge is 2.30. The van der Waals surface area contributed by atoms with Crippen molar-refractivity contribution in [2.75, 3.05) is 11.6 Å².